The standard InChI is InChI=1S/C19H22O/c1-12-4-6-15(7-5-12)10-18-14(3)9-17-13(2)8-16(20)11-19(17)18/h4-8,11,14,18,20H,9-10H2,1-3H3/t14?,18-/m1/s1. The van der Waals surface area contributed by atoms with Gasteiger partial charge in [0, 0.05) is 0 Å². The number of phenols is 1. The summed E-state index contributed by atoms with van der Waals surface area (Å²) >= 11 is 0. The summed E-state index contributed by atoms with van der Waals surface area (Å²) in [6, 6.07) is 12.7. The predicted octanol–water partition coefficient (Wildman–Crippen LogP) is 4.53. The van der Waals surface area contributed by atoms with Gasteiger partial charge in [-0.1, -0.05) is 36.8 Å². The summed E-state index contributed by atoms with van der Waals surface area (Å²) in [5, 5.41) is 9.88. The third-order valence-corrected chi connectivity index (χ3v) is 4.68. The van der Waals surface area contributed by atoms with Gasteiger partial charge in [0.1, 0.15) is 5.75 Å². The molecule has 1 aliphatic rings. The minimum Gasteiger partial charge on any atom is -0.508 e. The molecule has 2 aromatic carbocycles. The van der Waals surface area contributed by atoms with Crippen molar-refractivity contribution >= 4 is 0 Å². The maximum absolute atomic E-state index is 9.88. The fourth-order valence-electron chi connectivity index (χ4n) is 3.49. The first-order valence-corrected chi connectivity index (χ1v) is 7.42. The van der Waals surface area contributed by atoms with E-state index in [2.05, 4.69) is 45.0 Å². The zero-order valence-corrected chi connectivity index (χ0v) is 12.5. The van der Waals surface area contributed by atoms with Crippen molar-refractivity contribution in [3.8, 4) is 5.75 Å². The van der Waals surface area contributed by atoms with Crippen LogP contribution < -0.4 is 0 Å². The molecule has 1 nitrogen and oxygen atoms in total. The molecule has 0 bridgehead atoms. The van der Waals surface area contributed by atoms with Crippen LogP contribution in [0.25, 0.3) is 0 Å². The molecule has 1 aliphatic carbocycles. The molecule has 1 heteroatoms. The minimum atomic E-state index is 0.407. The molecule has 0 amide bonds. The van der Waals surface area contributed by atoms with Crippen molar-refractivity contribution in [1.29, 1.82) is 0 Å². The normalized spacial score (nSPS) is 20.9. The lowest BCUT2D eigenvalue weighted by Gasteiger charge is -2.17. The summed E-state index contributed by atoms with van der Waals surface area (Å²) in [6.45, 7) is 6.56. The third kappa shape index (κ3) is 2.33. The topological polar surface area (TPSA) is 20.2 Å². The second-order valence-corrected chi connectivity index (χ2v) is 6.31. The lowest BCUT2D eigenvalue weighted by atomic mass is 9.87. The Hall–Kier alpha value is -1.76. The van der Waals surface area contributed by atoms with Gasteiger partial charge in [0.25, 0.3) is 0 Å². The Morgan fingerprint density at radius 3 is 2.50 bits per heavy atom. The number of rotatable bonds is 2. The highest BCUT2D eigenvalue weighted by Gasteiger charge is 2.30. The van der Waals surface area contributed by atoms with Crippen LogP contribution in [0, 0.1) is 19.8 Å². The van der Waals surface area contributed by atoms with Crippen molar-refractivity contribution < 1.29 is 5.11 Å². The van der Waals surface area contributed by atoms with Crippen molar-refractivity contribution in [2.24, 2.45) is 5.92 Å². The Balaban J connectivity index is 1.94. The number of fused-ring (bicyclic) bond motifs is 1. The van der Waals surface area contributed by atoms with Crippen LogP contribution in [-0.2, 0) is 12.8 Å². The van der Waals surface area contributed by atoms with Gasteiger partial charge >= 0.3 is 0 Å². The van der Waals surface area contributed by atoms with E-state index in [-0.39, 0.29) is 0 Å². The first-order valence-electron chi connectivity index (χ1n) is 7.42. The first-order chi connectivity index (χ1) is 9.54. The molecular formula is C19H22O. The van der Waals surface area contributed by atoms with Crippen molar-refractivity contribution in [2.45, 2.75) is 39.5 Å². The highest BCUT2D eigenvalue weighted by molar-refractivity contribution is 5.47. The van der Waals surface area contributed by atoms with Crippen LogP contribution >= 0.6 is 0 Å². The van der Waals surface area contributed by atoms with E-state index < -0.39 is 0 Å². The van der Waals surface area contributed by atoms with Gasteiger partial charge in [-0.15, -0.1) is 0 Å². The lowest BCUT2D eigenvalue weighted by Crippen LogP contribution is -2.07. The average molecular weight is 266 g/mol. The van der Waals surface area contributed by atoms with Crippen molar-refractivity contribution in [3.05, 3.63) is 64.2 Å². The van der Waals surface area contributed by atoms with Crippen LogP contribution in [0.5, 0.6) is 5.75 Å². The molecule has 0 saturated heterocycles. The number of aromatic hydroxyl groups is 1. The van der Waals surface area contributed by atoms with Crippen molar-refractivity contribution in [3.63, 3.8) is 0 Å². The van der Waals surface area contributed by atoms with E-state index in [4.69, 9.17) is 0 Å². The van der Waals surface area contributed by atoms with Gasteiger partial charge in [-0.3, -0.25) is 0 Å². The Morgan fingerprint density at radius 2 is 1.80 bits per heavy atom. The van der Waals surface area contributed by atoms with Crippen LogP contribution in [0.1, 0.15) is 40.7 Å². The zero-order valence-electron chi connectivity index (χ0n) is 12.5. The molecule has 20 heavy (non-hydrogen) atoms. The molecule has 1 unspecified atom stereocenters. The number of hydrogen-bond donors (Lipinski definition) is 1. The maximum atomic E-state index is 9.88. The van der Waals surface area contributed by atoms with Gasteiger partial charge in [0.05, 0.1) is 0 Å². The number of aryl methyl sites for hydroxylation is 2. The molecule has 0 radical (unpaired) electrons. The van der Waals surface area contributed by atoms with Crippen LogP contribution in [0.2, 0.25) is 0 Å². The number of hydrogen-bond acceptors (Lipinski definition) is 1. The molecule has 104 valence electrons. The van der Waals surface area contributed by atoms with Gasteiger partial charge in [0.15, 0.2) is 0 Å². The summed E-state index contributed by atoms with van der Waals surface area (Å²) < 4.78 is 0. The molecule has 3 rings (SSSR count). The summed E-state index contributed by atoms with van der Waals surface area (Å²) in [5.41, 5.74) is 6.74. The van der Waals surface area contributed by atoms with E-state index in [0.717, 1.165) is 12.8 Å². The maximum Gasteiger partial charge on any atom is 0.116 e. The van der Waals surface area contributed by atoms with Gasteiger partial charge in [-0.25, -0.2) is 0 Å². The van der Waals surface area contributed by atoms with Crippen LogP contribution in [0.3, 0.4) is 0 Å². The second-order valence-electron chi connectivity index (χ2n) is 6.31. The van der Waals surface area contributed by atoms with Crippen molar-refractivity contribution in [1.82, 2.24) is 0 Å². The van der Waals surface area contributed by atoms with E-state index in [1.165, 1.54) is 27.8 Å². The molecule has 0 fully saturated rings. The van der Waals surface area contributed by atoms with Crippen molar-refractivity contribution in [2.75, 3.05) is 0 Å². The molecule has 1 N–H and O–H groups in total. The highest BCUT2D eigenvalue weighted by atomic mass is 16.3. The van der Waals surface area contributed by atoms with E-state index in [0.29, 0.717) is 17.6 Å². The third-order valence-electron chi connectivity index (χ3n) is 4.68. The average Bonchev–Trinajstić information content (AvgIpc) is 2.70. The molecule has 0 spiro atoms. The first kappa shape index (κ1) is 13.2. The summed E-state index contributed by atoms with van der Waals surface area (Å²) in [6.07, 6.45) is 2.20. The molecule has 2 atom stereocenters. The fraction of sp³-hybridized carbons (Fsp3) is 0.368. The second kappa shape index (κ2) is 4.97. The summed E-state index contributed by atoms with van der Waals surface area (Å²) in [7, 11) is 0. The SMILES string of the molecule is Cc1ccc(C[C@H]2c3cc(O)cc(C)c3CC2C)cc1. The monoisotopic (exact) mass is 266 g/mol. The molecule has 2 aromatic rings. The van der Waals surface area contributed by atoms with Crippen LogP contribution in [0.15, 0.2) is 36.4 Å². The van der Waals surface area contributed by atoms with Gasteiger partial charge in [-0.05, 0) is 72.9 Å². The molecular weight excluding hydrogens is 244 g/mol. The number of benzene rings is 2. The Bertz CT molecular complexity index is 625. The minimum absolute atomic E-state index is 0.407. The van der Waals surface area contributed by atoms with E-state index >= 15 is 0 Å². The Kier molecular flexibility index (Phi) is 3.29. The van der Waals surface area contributed by atoms with Crippen LogP contribution in [-0.4, -0.2) is 5.11 Å². The quantitative estimate of drug-likeness (QED) is 0.847. The smallest absolute Gasteiger partial charge is 0.116 e. The summed E-state index contributed by atoms with van der Waals surface area (Å²) in [5.74, 6) is 1.58. The largest absolute Gasteiger partial charge is 0.508 e. The molecule has 0 saturated carbocycles. The molecule has 0 heterocycles. The number of phenolic OH excluding ortho intramolecular Hbond substituents is 1. The Labute approximate surface area is 121 Å². The van der Waals surface area contributed by atoms with Gasteiger partial charge in [-0.2, -0.15) is 0 Å². The predicted molar refractivity (Wildman–Crippen MR) is 83.3 cm³/mol. The zero-order chi connectivity index (χ0) is 14.3. The lowest BCUT2D eigenvalue weighted by molar-refractivity contribution is 0.470. The summed E-state index contributed by atoms with van der Waals surface area (Å²) in [4.78, 5) is 0. The highest BCUT2D eigenvalue weighted by Crippen LogP contribution is 2.42. The Morgan fingerprint density at radius 1 is 1.10 bits per heavy atom. The van der Waals surface area contributed by atoms with Gasteiger partial charge in [0.2, 0.25) is 0 Å². The van der Waals surface area contributed by atoms with Crippen LogP contribution in [0.4, 0.5) is 0 Å². The molecule has 0 aromatic heterocycles. The fourth-order valence-corrected chi connectivity index (χ4v) is 3.49. The van der Waals surface area contributed by atoms with E-state index in [9.17, 15) is 5.11 Å². The molecule has 0 aliphatic heterocycles. The van der Waals surface area contributed by atoms with Gasteiger partial charge < -0.3 is 5.11 Å². The van der Waals surface area contributed by atoms with E-state index in [1.54, 1.807) is 0 Å². The van der Waals surface area contributed by atoms with E-state index in [1.807, 2.05) is 12.1 Å².